The van der Waals surface area contributed by atoms with E-state index in [1.54, 1.807) is 60.7 Å². The average Bonchev–Trinajstić information content (AvgIpc) is 3.60. The molecule has 76 heavy (non-hydrogen) atoms. The van der Waals surface area contributed by atoms with Crippen molar-refractivity contribution in [2.45, 2.75) is 0 Å². The minimum Gasteiger partial charge on any atom is -0.310 e. The molecule has 0 radical (unpaired) electrons. The van der Waals surface area contributed by atoms with Gasteiger partial charge in [0.25, 0.3) is 0 Å². The van der Waals surface area contributed by atoms with Gasteiger partial charge in [0.15, 0.2) is 11.4 Å². The van der Waals surface area contributed by atoms with E-state index in [1.807, 2.05) is 60.7 Å². The van der Waals surface area contributed by atoms with Crippen LogP contribution in [0.15, 0.2) is 231 Å². The molecule has 8 heteroatoms. The molecule has 0 aliphatic rings. The number of nitrogens with zero attached hydrogens (tertiary/aromatic N) is 6. The second-order valence-electron chi connectivity index (χ2n) is 18.5. The molecule has 0 N–H and O–H groups in total. The van der Waals surface area contributed by atoms with E-state index >= 15 is 8.78 Å². The van der Waals surface area contributed by atoms with E-state index < -0.39 is 11.6 Å². The predicted molar refractivity (Wildman–Crippen MR) is 303 cm³/mol. The fourth-order valence-corrected chi connectivity index (χ4v) is 10.3. The minimum absolute atomic E-state index is 0.396. The standard InChI is InChI=1S/C68H38F2N6/c1-73-57-25-17-47(18-26-57)53-33-51(45-13-9-43(41-71)10-14-45)35-61(37-53)75(59-7-3-5-55(69)39-59)65-31-23-49-22-30-64-66(32-24-50-21-29-63(65)67(49)68(50)64)76(60-8-4-6-56(70)40-60)62-36-52(46-15-11-44(42-72)12-16-46)34-54(38-62)48-19-27-58(74-2)28-20-48/h3-40H. The summed E-state index contributed by atoms with van der Waals surface area (Å²) >= 11 is 0. The summed E-state index contributed by atoms with van der Waals surface area (Å²) in [5.74, 6) is -0.792. The summed E-state index contributed by atoms with van der Waals surface area (Å²) in [4.78, 5) is 11.4. The first-order chi connectivity index (χ1) is 37.2. The van der Waals surface area contributed by atoms with E-state index in [4.69, 9.17) is 13.1 Å². The lowest BCUT2D eigenvalue weighted by Gasteiger charge is -2.30. The lowest BCUT2D eigenvalue weighted by molar-refractivity contribution is 0.627. The van der Waals surface area contributed by atoms with Crippen molar-refractivity contribution in [3.05, 3.63) is 276 Å². The normalized spacial score (nSPS) is 11.0. The number of benzene rings is 12. The van der Waals surface area contributed by atoms with Crippen LogP contribution in [0.25, 0.3) is 86.5 Å². The highest BCUT2D eigenvalue weighted by atomic mass is 19.1. The Bertz CT molecular complexity index is 3970. The largest absolute Gasteiger partial charge is 0.310 e. The Labute approximate surface area is 437 Å². The number of hydrogen-bond acceptors (Lipinski definition) is 4. The molecule has 0 aromatic heterocycles. The maximum absolute atomic E-state index is 15.6. The van der Waals surface area contributed by atoms with Crippen LogP contribution in [0.4, 0.5) is 54.3 Å². The second kappa shape index (κ2) is 19.3. The van der Waals surface area contributed by atoms with Gasteiger partial charge in [-0.1, -0.05) is 121 Å². The third-order valence-electron chi connectivity index (χ3n) is 13.9. The monoisotopic (exact) mass is 976 g/mol. The molecule has 0 saturated heterocycles. The van der Waals surface area contributed by atoms with Gasteiger partial charge >= 0.3 is 0 Å². The third kappa shape index (κ3) is 8.51. The van der Waals surface area contributed by atoms with Gasteiger partial charge in [-0.3, -0.25) is 0 Å². The van der Waals surface area contributed by atoms with Crippen molar-refractivity contribution >= 4 is 77.8 Å². The molecule has 12 aromatic rings. The van der Waals surface area contributed by atoms with Gasteiger partial charge in [0.05, 0.1) is 47.8 Å². The van der Waals surface area contributed by atoms with Crippen molar-refractivity contribution in [3.8, 4) is 56.6 Å². The quantitative estimate of drug-likeness (QED) is 0.101. The molecule has 0 spiro atoms. The molecule has 0 saturated carbocycles. The molecule has 0 heterocycles. The first-order valence-corrected chi connectivity index (χ1v) is 24.3. The van der Waals surface area contributed by atoms with Crippen LogP contribution in [-0.2, 0) is 0 Å². The Kier molecular flexibility index (Phi) is 11.7. The number of anilines is 6. The third-order valence-corrected chi connectivity index (χ3v) is 13.9. The molecule has 0 atom stereocenters. The van der Waals surface area contributed by atoms with E-state index in [1.165, 1.54) is 24.3 Å². The number of halogens is 2. The van der Waals surface area contributed by atoms with Gasteiger partial charge in [0.2, 0.25) is 0 Å². The molecular formula is C68H38F2N6. The van der Waals surface area contributed by atoms with E-state index in [0.717, 1.165) is 99.6 Å². The van der Waals surface area contributed by atoms with Crippen molar-refractivity contribution in [1.82, 2.24) is 0 Å². The summed E-state index contributed by atoms with van der Waals surface area (Å²) in [6.45, 7) is 15.2. The van der Waals surface area contributed by atoms with Gasteiger partial charge in [-0.15, -0.1) is 0 Å². The average molecular weight is 977 g/mol. The zero-order valence-electron chi connectivity index (χ0n) is 40.4. The first kappa shape index (κ1) is 46.2. The van der Waals surface area contributed by atoms with E-state index in [-0.39, 0.29) is 0 Å². The van der Waals surface area contributed by atoms with E-state index in [2.05, 4.69) is 117 Å². The van der Waals surface area contributed by atoms with Crippen LogP contribution in [-0.4, -0.2) is 0 Å². The Hall–Kier alpha value is -10.9. The van der Waals surface area contributed by atoms with Gasteiger partial charge < -0.3 is 9.80 Å². The Balaban J connectivity index is 1.10. The molecule has 0 amide bonds. The van der Waals surface area contributed by atoms with Crippen LogP contribution in [0.1, 0.15) is 11.1 Å². The molecular weight excluding hydrogens is 939 g/mol. The van der Waals surface area contributed by atoms with Crippen LogP contribution in [0.2, 0.25) is 0 Å². The second-order valence-corrected chi connectivity index (χ2v) is 18.5. The Morgan fingerprint density at radius 1 is 0.342 bits per heavy atom. The maximum Gasteiger partial charge on any atom is 0.187 e. The highest BCUT2D eigenvalue weighted by molar-refractivity contribution is 6.28. The fourth-order valence-electron chi connectivity index (χ4n) is 10.3. The molecule has 0 aliphatic carbocycles. The number of rotatable bonds is 10. The molecule has 6 nitrogen and oxygen atoms in total. The van der Waals surface area contributed by atoms with Gasteiger partial charge in [0, 0.05) is 33.5 Å². The molecule has 12 rings (SSSR count). The topological polar surface area (TPSA) is 62.8 Å². The molecule has 354 valence electrons. The molecule has 0 aliphatic heterocycles. The minimum atomic E-state index is -0.396. The molecule has 0 unspecified atom stereocenters. The summed E-state index contributed by atoms with van der Waals surface area (Å²) in [6, 6.07) is 76.7. The van der Waals surface area contributed by atoms with E-state index in [9.17, 15) is 10.5 Å². The molecule has 0 bridgehead atoms. The zero-order valence-corrected chi connectivity index (χ0v) is 40.4. The zero-order chi connectivity index (χ0) is 51.9. The number of hydrogen-bond donors (Lipinski definition) is 0. The maximum atomic E-state index is 15.6. The SMILES string of the molecule is [C-]#[N+]c1ccc(-c2cc(-c3ccc(C#N)cc3)cc(N(c3cccc(F)c3)c3ccc4ccc5c(N(c6cccc(F)c6)c6cc(-c7ccc(C#N)cc7)cc(-c7ccc([N+]#[C-])cc7)c6)ccc6ccc3c4c65)c2)cc1. The van der Waals surface area contributed by atoms with Crippen molar-refractivity contribution in [2.24, 2.45) is 0 Å². The first-order valence-electron chi connectivity index (χ1n) is 24.3. The number of nitriles is 2. The fraction of sp³-hybridized carbons (Fsp3) is 0. The van der Waals surface area contributed by atoms with Crippen LogP contribution in [0.3, 0.4) is 0 Å². The van der Waals surface area contributed by atoms with Crippen molar-refractivity contribution < 1.29 is 8.78 Å². The van der Waals surface area contributed by atoms with E-state index in [0.29, 0.717) is 33.9 Å². The van der Waals surface area contributed by atoms with Crippen molar-refractivity contribution in [1.29, 1.82) is 10.5 Å². The summed E-state index contributed by atoms with van der Waals surface area (Å²) in [5.41, 5.74) is 13.5. The van der Waals surface area contributed by atoms with Gasteiger partial charge in [0.1, 0.15) is 11.6 Å². The predicted octanol–water partition coefficient (Wildman–Crippen LogP) is 19.3. The summed E-state index contributed by atoms with van der Waals surface area (Å²) in [7, 11) is 0. The summed E-state index contributed by atoms with van der Waals surface area (Å²) in [5, 5.41) is 25.1. The lowest BCUT2D eigenvalue weighted by atomic mass is 9.91. The van der Waals surface area contributed by atoms with Gasteiger partial charge in [-0.2, -0.15) is 10.5 Å². The van der Waals surface area contributed by atoms with Crippen LogP contribution >= 0.6 is 0 Å². The molecule has 0 fully saturated rings. The smallest absolute Gasteiger partial charge is 0.187 e. The summed E-state index contributed by atoms with van der Waals surface area (Å²) in [6.07, 6.45) is 0. The van der Waals surface area contributed by atoms with Gasteiger partial charge in [-0.25, -0.2) is 18.5 Å². The summed E-state index contributed by atoms with van der Waals surface area (Å²) < 4.78 is 31.3. The van der Waals surface area contributed by atoms with Crippen LogP contribution in [0, 0.1) is 47.4 Å². The lowest BCUT2D eigenvalue weighted by Crippen LogP contribution is -2.12. The van der Waals surface area contributed by atoms with Gasteiger partial charge in [-0.05, 0) is 175 Å². The highest BCUT2D eigenvalue weighted by Gasteiger charge is 2.24. The van der Waals surface area contributed by atoms with Crippen molar-refractivity contribution in [2.75, 3.05) is 9.80 Å². The Morgan fingerprint density at radius 2 is 0.684 bits per heavy atom. The highest BCUT2D eigenvalue weighted by Crippen LogP contribution is 2.49. The van der Waals surface area contributed by atoms with Crippen LogP contribution < -0.4 is 9.80 Å². The molecule has 12 aromatic carbocycles. The van der Waals surface area contributed by atoms with Crippen molar-refractivity contribution in [3.63, 3.8) is 0 Å². The Morgan fingerprint density at radius 3 is 1.01 bits per heavy atom. The van der Waals surface area contributed by atoms with Crippen LogP contribution in [0.5, 0.6) is 0 Å².